The zero-order valence-corrected chi connectivity index (χ0v) is 9.83. The Labute approximate surface area is 97.2 Å². The van der Waals surface area contributed by atoms with Crippen molar-refractivity contribution in [1.29, 1.82) is 0 Å². The molecule has 0 bridgehead atoms. The van der Waals surface area contributed by atoms with Crippen LogP contribution < -0.4 is 0 Å². The first kappa shape index (κ1) is 11.1. The Balaban J connectivity index is 2.12. The lowest BCUT2D eigenvalue weighted by molar-refractivity contribution is -0.107. The average molecular weight is 214 g/mol. The number of hydrogen-bond acceptors (Lipinski definition) is 1. The van der Waals surface area contributed by atoms with E-state index >= 15 is 0 Å². The van der Waals surface area contributed by atoms with E-state index in [1.54, 1.807) is 0 Å². The Bertz CT molecular complexity index is 415. The molecule has 0 radical (unpaired) electrons. The smallest absolute Gasteiger partial charge is 0.120 e. The van der Waals surface area contributed by atoms with Crippen molar-refractivity contribution in [2.45, 2.75) is 39.0 Å². The minimum atomic E-state index is 0.632. The Morgan fingerprint density at radius 1 is 1.31 bits per heavy atom. The number of aldehydes is 1. The quantitative estimate of drug-likeness (QED) is 0.700. The molecule has 1 nitrogen and oxygen atoms in total. The maximum atomic E-state index is 10.3. The van der Waals surface area contributed by atoms with E-state index in [1.165, 1.54) is 41.5 Å². The second-order valence-electron chi connectivity index (χ2n) is 4.58. The van der Waals surface area contributed by atoms with Gasteiger partial charge < -0.3 is 4.79 Å². The highest BCUT2D eigenvalue weighted by atomic mass is 16.1. The molecule has 84 valence electrons. The summed E-state index contributed by atoms with van der Waals surface area (Å²) < 4.78 is 0. The average Bonchev–Trinajstić information content (AvgIpc) is 2.73. The predicted molar refractivity (Wildman–Crippen MR) is 67.4 cm³/mol. The molecule has 0 fully saturated rings. The van der Waals surface area contributed by atoms with Crippen LogP contribution in [0.3, 0.4) is 0 Å². The Morgan fingerprint density at radius 3 is 2.94 bits per heavy atom. The van der Waals surface area contributed by atoms with Crippen molar-refractivity contribution in [3.8, 4) is 0 Å². The van der Waals surface area contributed by atoms with Gasteiger partial charge in [0.25, 0.3) is 0 Å². The van der Waals surface area contributed by atoms with Crippen LogP contribution in [0.2, 0.25) is 0 Å². The maximum Gasteiger partial charge on any atom is 0.120 e. The lowest BCUT2D eigenvalue weighted by atomic mass is 10.0. The normalized spacial score (nSPS) is 14.9. The van der Waals surface area contributed by atoms with E-state index < -0.39 is 0 Å². The molecule has 1 aromatic carbocycles. The molecule has 16 heavy (non-hydrogen) atoms. The third kappa shape index (κ3) is 2.60. The van der Waals surface area contributed by atoms with Gasteiger partial charge in [0.15, 0.2) is 0 Å². The molecule has 0 saturated heterocycles. The molecule has 0 amide bonds. The van der Waals surface area contributed by atoms with E-state index in [4.69, 9.17) is 0 Å². The second-order valence-corrected chi connectivity index (χ2v) is 4.58. The molecule has 0 unspecified atom stereocenters. The molecule has 2 rings (SSSR count). The minimum absolute atomic E-state index is 0.632. The van der Waals surface area contributed by atoms with Gasteiger partial charge in [0.2, 0.25) is 0 Å². The van der Waals surface area contributed by atoms with Crippen molar-refractivity contribution < 1.29 is 4.79 Å². The van der Waals surface area contributed by atoms with Crippen LogP contribution in [0.15, 0.2) is 23.8 Å². The van der Waals surface area contributed by atoms with Crippen molar-refractivity contribution in [3.05, 3.63) is 40.5 Å². The largest absolute Gasteiger partial charge is 0.303 e. The predicted octanol–water partition coefficient (Wildman–Crippen LogP) is 3.56. The number of allylic oxidation sites excluding steroid dienone is 1. The lowest BCUT2D eigenvalue weighted by Crippen LogP contribution is -1.85. The second kappa shape index (κ2) is 5.11. The van der Waals surface area contributed by atoms with E-state index in [2.05, 4.69) is 31.2 Å². The Morgan fingerprint density at radius 2 is 2.12 bits per heavy atom. The molecule has 0 N–H and O–H groups in total. The molecule has 0 heterocycles. The van der Waals surface area contributed by atoms with Crippen molar-refractivity contribution in [2.75, 3.05) is 0 Å². The van der Waals surface area contributed by atoms with Crippen LogP contribution in [0.5, 0.6) is 0 Å². The molecule has 1 heteroatoms. The SMILES string of the molecule is C/C(=C/c1ccc2c(c1)CCC2)CCC=O. The maximum absolute atomic E-state index is 10.3. The topological polar surface area (TPSA) is 17.1 Å². The van der Waals surface area contributed by atoms with Crippen LogP contribution in [-0.2, 0) is 17.6 Å². The number of fused-ring (bicyclic) bond motifs is 1. The van der Waals surface area contributed by atoms with Gasteiger partial charge in [-0.05, 0) is 49.3 Å². The molecule has 1 aliphatic carbocycles. The number of carbonyl (C=O) groups is 1. The fourth-order valence-electron chi connectivity index (χ4n) is 2.32. The van der Waals surface area contributed by atoms with Crippen LogP contribution in [0, 0.1) is 0 Å². The van der Waals surface area contributed by atoms with Crippen LogP contribution in [-0.4, -0.2) is 6.29 Å². The first-order valence-electron chi connectivity index (χ1n) is 6.02. The number of hydrogen-bond donors (Lipinski definition) is 0. The van der Waals surface area contributed by atoms with Gasteiger partial charge >= 0.3 is 0 Å². The Kier molecular flexibility index (Phi) is 3.55. The Hall–Kier alpha value is -1.37. The summed E-state index contributed by atoms with van der Waals surface area (Å²) in [6, 6.07) is 6.74. The van der Waals surface area contributed by atoms with Crippen LogP contribution in [0.25, 0.3) is 6.08 Å². The summed E-state index contributed by atoms with van der Waals surface area (Å²) >= 11 is 0. The van der Waals surface area contributed by atoms with Gasteiger partial charge in [0.1, 0.15) is 6.29 Å². The van der Waals surface area contributed by atoms with Crippen molar-refractivity contribution in [3.63, 3.8) is 0 Å². The van der Waals surface area contributed by atoms with Crippen LogP contribution >= 0.6 is 0 Å². The van der Waals surface area contributed by atoms with Gasteiger partial charge in [0, 0.05) is 6.42 Å². The molecule has 0 spiro atoms. The zero-order valence-electron chi connectivity index (χ0n) is 9.83. The molecule has 0 aliphatic heterocycles. The summed E-state index contributed by atoms with van der Waals surface area (Å²) in [5, 5.41) is 0. The molecule has 0 saturated carbocycles. The first-order valence-corrected chi connectivity index (χ1v) is 6.02. The standard InChI is InChI=1S/C15H18O/c1-12(4-3-9-16)10-13-7-8-14-5-2-6-15(14)11-13/h7-11H,2-6H2,1H3/b12-10-. The summed E-state index contributed by atoms with van der Waals surface area (Å²) in [4.78, 5) is 10.3. The molecule has 1 aromatic rings. The van der Waals surface area contributed by atoms with E-state index in [-0.39, 0.29) is 0 Å². The van der Waals surface area contributed by atoms with Crippen molar-refractivity contribution in [2.24, 2.45) is 0 Å². The molecular weight excluding hydrogens is 196 g/mol. The summed E-state index contributed by atoms with van der Waals surface area (Å²) in [6.45, 7) is 2.09. The number of rotatable bonds is 4. The van der Waals surface area contributed by atoms with Gasteiger partial charge in [-0.3, -0.25) is 0 Å². The van der Waals surface area contributed by atoms with Gasteiger partial charge in [0.05, 0.1) is 0 Å². The monoisotopic (exact) mass is 214 g/mol. The fraction of sp³-hybridized carbons (Fsp3) is 0.400. The van der Waals surface area contributed by atoms with Crippen molar-refractivity contribution in [1.82, 2.24) is 0 Å². The van der Waals surface area contributed by atoms with Crippen LogP contribution in [0.4, 0.5) is 0 Å². The number of benzene rings is 1. The number of carbonyl (C=O) groups excluding carboxylic acids is 1. The van der Waals surface area contributed by atoms with Gasteiger partial charge in [-0.1, -0.05) is 29.8 Å². The molecular formula is C15H18O. The summed E-state index contributed by atoms with van der Waals surface area (Å²) in [5.74, 6) is 0. The highest BCUT2D eigenvalue weighted by Gasteiger charge is 2.09. The summed E-state index contributed by atoms with van der Waals surface area (Å²) in [6.07, 6.45) is 8.45. The lowest BCUT2D eigenvalue weighted by Gasteiger charge is -2.02. The fourth-order valence-corrected chi connectivity index (χ4v) is 2.32. The minimum Gasteiger partial charge on any atom is -0.303 e. The third-order valence-corrected chi connectivity index (χ3v) is 3.19. The van der Waals surface area contributed by atoms with E-state index in [0.29, 0.717) is 6.42 Å². The van der Waals surface area contributed by atoms with Gasteiger partial charge in [-0.25, -0.2) is 0 Å². The summed E-state index contributed by atoms with van der Waals surface area (Å²) in [7, 11) is 0. The zero-order chi connectivity index (χ0) is 11.4. The first-order chi connectivity index (χ1) is 7.79. The third-order valence-electron chi connectivity index (χ3n) is 3.19. The van der Waals surface area contributed by atoms with E-state index in [1.807, 2.05) is 0 Å². The van der Waals surface area contributed by atoms with E-state index in [0.717, 1.165) is 12.7 Å². The summed E-state index contributed by atoms with van der Waals surface area (Å²) in [5.41, 5.74) is 5.59. The van der Waals surface area contributed by atoms with Crippen molar-refractivity contribution >= 4 is 12.4 Å². The highest BCUT2D eigenvalue weighted by Crippen LogP contribution is 2.24. The highest BCUT2D eigenvalue weighted by molar-refractivity contribution is 5.57. The molecule has 1 aliphatic rings. The van der Waals surface area contributed by atoms with Gasteiger partial charge in [-0.2, -0.15) is 0 Å². The van der Waals surface area contributed by atoms with Crippen LogP contribution in [0.1, 0.15) is 42.9 Å². The van der Waals surface area contributed by atoms with E-state index in [9.17, 15) is 4.79 Å². The molecule has 0 aromatic heterocycles. The molecule has 0 atom stereocenters. The van der Waals surface area contributed by atoms with Gasteiger partial charge in [-0.15, -0.1) is 0 Å². The number of aryl methyl sites for hydroxylation is 2.